The fourth-order valence-corrected chi connectivity index (χ4v) is 1.77. The fourth-order valence-electron chi connectivity index (χ4n) is 1.77. The second kappa shape index (κ2) is 8.53. The number of likely N-dealkylation sites (N-methyl/N-ethyl adjacent to an activating group) is 1. The number of anilines is 1. The van der Waals surface area contributed by atoms with E-state index in [2.05, 4.69) is 5.32 Å². The maximum absolute atomic E-state index is 12.1. The Hall–Kier alpha value is -2.29. The topological polar surface area (TPSA) is 70.7 Å². The summed E-state index contributed by atoms with van der Waals surface area (Å²) in [5, 5.41) is 4.41. The van der Waals surface area contributed by atoms with Crippen LogP contribution in [0.1, 0.15) is 6.92 Å². The number of nitrogens with zero attached hydrogens (tertiary/aromatic N) is 1. The van der Waals surface area contributed by atoms with Crippen molar-refractivity contribution in [3.05, 3.63) is 24.3 Å². The summed E-state index contributed by atoms with van der Waals surface area (Å²) < 4.78 is 41.3. The van der Waals surface area contributed by atoms with Gasteiger partial charge in [0.2, 0.25) is 11.8 Å². The van der Waals surface area contributed by atoms with Gasteiger partial charge in [0, 0.05) is 5.69 Å². The highest BCUT2D eigenvalue weighted by Crippen LogP contribution is 2.15. The van der Waals surface area contributed by atoms with Crippen LogP contribution in [0.2, 0.25) is 0 Å². The van der Waals surface area contributed by atoms with E-state index in [1.54, 1.807) is 29.6 Å². The number of benzene rings is 1. The highest BCUT2D eigenvalue weighted by atomic mass is 19.4. The molecule has 2 amide bonds. The van der Waals surface area contributed by atoms with E-state index in [0.717, 1.165) is 0 Å². The van der Waals surface area contributed by atoms with E-state index in [0.29, 0.717) is 11.4 Å². The molecule has 0 aromatic heterocycles. The van der Waals surface area contributed by atoms with Crippen LogP contribution in [0, 0.1) is 0 Å². The first-order valence-corrected chi connectivity index (χ1v) is 7.11. The molecule has 0 aliphatic rings. The minimum Gasteiger partial charge on any atom is -0.497 e. The highest BCUT2D eigenvalue weighted by molar-refractivity contribution is 5.92. The highest BCUT2D eigenvalue weighted by Gasteiger charge is 2.29. The van der Waals surface area contributed by atoms with E-state index < -0.39 is 30.6 Å². The number of nitrogens with one attached hydrogen (secondary N) is 2. The van der Waals surface area contributed by atoms with E-state index in [9.17, 15) is 22.8 Å². The van der Waals surface area contributed by atoms with Crippen LogP contribution in [0.4, 0.5) is 18.9 Å². The molecule has 134 valence electrons. The molecule has 1 aromatic carbocycles. The first-order chi connectivity index (χ1) is 11.1. The maximum Gasteiger partial charge on any atom is 0.405 e. The van der Waals surface area contributed by atoms with Crippen LogP contribution in [-0.4, -0.2) is 56.2 Å². The average Bonchev–Trinajstić information content (AvgIpc) is 2.51. The van der Waals surface area contributed by atoms with Gasteiger partial charge in [0.05, 0.1) is 19.7 Å². The van der Waals surface area contributed by atoms with Crippen molar-refractivity contribution < 1.29 is 27.5 Å². The van der Waals surface area contributed by atoms with Gasteiger partial charge < -0.3 is 15.4 Å². The molecular weight excluding hydrogens is 327 g/mol. The van der Waals surface area contributed by atoms with Gasteiger partial charge in [0.25, 0.3) is 0 Å². The lowest BCUT2D eigenvalue weighted by atomic mass is 10.2. The Labute approximate surface area is 138 Å². The average molecular weight is 347 g/mol. The Balaban J connectivity index is 2.48. The summed E-state index contributed by atoms with van der Waals surface area (Å²) in [7, 11) is 3.00. The van der Waals surface area contributed by atoms with Crippen LogP contribution in [-0.2, 0) is 9.59 Å². The number of methoxy groups -OCH3 is 1. The van der Waals surface area contributed by atoms with Crippen molar-refractivity contribution in [2.75, 3.05) is 32.6 Å². The van der Waals surface area contributed by atoms with Crippen molar-refractivity contribution in [3.8, 4) is 5.75 Å². The van der Waals surface area contributed by atoms with Crippen LogP contribution in [0.3, 0.4) is 0 Å². The summed E-state index contributed by atoms with van der Waals surface area (Å²) in [4.78, 5) is 24.9. The molecule has 0 aliphatic carbocycles. The number of carbonyl (C=O) groups is 2. The van der Waals surface area contributed by atoms with Gasteiger partial charge in [-0.15, -0.1) is 0 Å². The van der Waals surface area contributed by atoms with E-state index in [1.165, 1.54) is 26.0 Å². The van der Waals surface area contributed by atoms with Crippen molar-refractivity contribution in [1.82, 2.24) is 10.2 Å². The third-order valence-corrected chi connectivity index (χ3v) is 3.27. The second-order valence-corrected chi connectivity index (χ2v) is 5.20. The minimum absolute atomic E-state index is 0.146. The number of ether oxygens (including phenoxy) is 1. The first kappa shape index (κ1) is 19.8. The Morgan fingerprint density at radius 1 is 1.25 bits per heavy atom. The third kappa shape index (κ3) is 6.86. The van der Waals surface area contributed by atoms with Gasteiger partial charge in [-0.2, -0.15) is 13.2 Å². The van der Waals surface area contributed by atoms with Gasteiger partial charge in [-0.1, -0.05) is 0 Å². The molecule has 0 aliphatic heterocycles. The molecule has 0 bridgehead atoms. The van der Waals surface area contributed by atoms with Crippen molar-refractivity contribution in [3.63, 3.8) is 0 Å². The number of halogens is 3. The third-order valence-electron chi connectivity index (χ3n) is 3.27. The lowest BCUT2D eigenvalue weighted by molar-refractivity contribution is -0.141. The largest absolute Gasteiger partial charge is 0.497 e. The van der Waals surface area contributed by atoms with Crippen LogP contribution in [0.15, 0.2) is 24.3 Å². The monoisotopic (exact) mass is 347 g/mol. The van der Waals surface area contributed by atoms with Gasteiger partial charge in [0.15, 0.2) is 0 Å². The number of hydrogen-bond acceptors (Lipinski definition) is 4. The SMILES string of the molecule is COc1ccc(NC(=O)CN(C)C(C)C(=O)NCC(F)(F)F)cc1. The number of alkyl halides is 3. The Kier molecular flexibility index (Phi) is 7.02. The zero-order chi connectivity index (χ0) is 18.3. The summed E-state index contributed by atoms with van der Waals surface area (Å²) in [5.74, 6) is -0.551. The van der Waals surface area contributed by atoms with Crippen LogP contribution >= 0.6 is 0 Å². The van der Waals surface area contributed by atoms with Crippen molar-refractivity contribution >= 4 is 17.5 Å². The molecule has 0 heterocycles. The summed E-state index contributed by atoms with van der Waals surface area (Å²) >= 11 is 0. The molecule has 0 spiro atoms. The molecule has 6 nitrogen and oxygen atoms in total. The van der Waals surface area contributed by atoms with Gasteiger partial charge in [-0.3, -0.25) is 14.5 Å². The molecule has 0 radical (unpaired) electrons. The molecule has 24 heavy (non-hydrogen) atoms. The molecular formula is C15H20F3N3O3. The zero-order valence-electron chi connectivity index (χ0n) is 13.6. The van der Waals surface area contributed by atoms with Gasteiger partial charge in [-0.05, 0) is 38.2 Å². The first-order valence-electron chi connectivity index (χ1n) is 7.11. The van der Waals surface area contributed by atoms with Crippen molar-refractivity contribution in [2.45, 2.75) is 19.1 Å². The summed E-state index contributed by atoms with van der Waals surface area (Å²) in [6.45, 7) is -0.124. The number of hydrogen-bond donors (Lipinski definition) is 2. The molecule has 0 saturated heterocycles. The quantitative estimate of drug-likeness (QED) is 0.787. The Morgan fingerprint density at radius 3 is 2.33 bits per heavy atom. The molecule has 0 fully saturated rings. The van der Waals surface area contributed by atoms with E-state index in [1.807, 2.05) is 0 Å². The summed E-state index contributed by atoms with van der Waals surface area (Å²) in [5.41, 5.74) is 0.545. The van der Waals surface area contributed by atoms with Gasteiger partial charge in [-0.25, -0.2) is 0 Å². The predicted molar refractivity (Wildman–Crippen MR) is 82.8 cm³/mol. The smallest absolute Gasteiger partial charge is 0.405 e. The van der Waals surface area contributed by atoms with Crippen LogP contribution in [0.5, 0.6) is 5.75 Å². The Bertz CT molecular complexity index is 561. The lowest BCUT2D eigenvalue weighted by Crippen LogP contribution is -2.47. The van der Waals surface area contributed by atoms with E-state index >= 15 is 0 Å². The van der Waals surface area contributed by atoms with Gasteiger partial charge in [0.1, 0.15) is 12.3 Å². The number of rotatable bonds is 7. The van der Waals surface area contributed by atoms with Crippen molar-refractivity contribution in [2.24, 2.45) is 0 Å². The maximum atomic E-state index is 12.1. The molecule has 1 rings (SSSR count). The number of carbonyl (C=O) groups excluding carboxylic acids is 2. The predicted octanol–water partition coefficient (Wildman–Crippen LogP) is 1.63. The van der Waals surface area contributed by atoms with Crippen LogP contribution in [0.25, 0.3) is 0 Å². The molecule has 1 atom stereocenters. The summed E-state index contributed by atoms with van der Waals surface area (Å²) in [6, 6.07) is 5.76. The summed E-state index contributed by atoms with van der Waals surface area (Å²) in [6.07, 6.45) is -4.47. The normalized spacial score (nSPS) is 12.6. The molecule has 1 unspecified atom stereocenters. The lowest BCUT2D eigenvalue weighted by Gasteiger charge is -2.23. The molecule has 0 saturated carbocycles. The second-order valence-electron chi connectivity index (χ2n) is 5.20. The number of amides is 2. The Morgan fingerprint density at radius 2 is 1.83 bits per heavy atom. The van der Waals surface area contributed by atoms with E-state index in [4.69, 9.17) is 4.74 Å². The molecule has 1 aromatic rings. The van der Waals surface area contributed by atoms with Crippen LogP contribution < -0.4 is 15.4 Å². The zero-order valence-corrected chi connectivity index (χ0v) is 13.6. The molecule has 2 N–H and O–H groups in total. The minimum atomic E-state index is -4.47. The standard InChI is InChI=1S/C15H20F3N3O3/c1-10(14(23)19-9-15(16,17)18)21(2)8-13(22)20-11-4-6-12(24-3)7-5-11/h4-7,10H,8-9H2,1-3H3,(H,19,23)(H,20,22). The molecule has 9 heteroatoms. The van der Waals surface area contributed by atoms with Crippen molar-refractivity contribution in [1.29, 1.82) is 0 Å². The van der Waals surface area contributed by atoms with E-state index in [-0.39, 0.29) is 6.54 Å². The van der Waals surface area contributed by atoms with Gasteiger partial charge >= 0.3 is 6.18 Å². The fraction of sp³-hybridized carbons (Fsp3) is 0.467.